The Morgan fingerprint density at radius 2 is 2.35 bits per heavy atom. The summed E-state index contributed by atoms with van der Waals surface area (Å²) in [7, 11) is 1.56. The maximum Gasteiger partial charge on any atom is 0.267 e. The van der Waals surface area contributed by atoms with Crippen molar-refractivity contribution in [2.75, 3.05) is 18.2 Å². The van der Waals surface area contributed by atoms with Crippen molar-refractivity contribution in [1.82, 2.24) is 4.98 Å². The van der Waals surface area contributed by atoms with Crippen molar-refractivity contribution in [3.05, 3.63) is 34.7 Å². The number of methoxy groups -OCH3 is 1. The highest BCUT2D eigenvalue weighted by molar-refractivity contribution is 7.12. The number of carbonyl (C=O) groups excluding carboxylic acids is 1. The molecule has 0 bridgehead atoms. The van der Waals surface area contributed by atoms with Crippen molar-refractivity contribution in [1.29, 1.82) is 0 Å². The molecule has 0 unspecified atom stereocenters. The highest BCUT2D eigenvalue weighted by atomic mass is 32.1. The van der Waals surface area contributed by atoms with Crippen LogP contribution < -0.4 is 15.8 Å². The van der Waals surface area contributed by atoms with Gasteiger partial charge in [-0.25, -0.2) is 4.98 Å². The summed E-state index contributed by atoms with van der Waals surface area (Å²) in [4.78, 5) is 16.4. The summed E-state index contributed by atoms with van der Waals surface area (Å²) >= 11 is 1.32. The van der Waals surface area contributed by atoms with Gasteiger partial charge < -0.3 is 15.8 Å². The zero-order chi connectivity index (χ0) is 12.3. The first kappa shape index (κ1) is 11.4. The van der Waals surface area contributed by atoms with E-state index in [1.54, 1.807) is 30.7 Å². The van der Waals surface area contributed by atoms with Crippen LogP contribution in [-0.2, 0) is 0 Å². The highest BCUT2D eigenvalue weighted by Crippen LogP contribution is 2.21. The van der Waals surface area contributed by atoms with Gasteiger partial charge in [0.25, 0.3) is 5.91 Å². The molecule has 17 heavy (non-hydrogen) atoms. The fraction of sp³-hybridized carbons (Fsp3) is 0.0909. The molecular formula is C11H11N3O2S. The largest absolute Gasteiger partial charge is 0.496 e. The van der Waals surface area contributed by atoms with Gasteiger partial charge >= 0.3 is 0 Å². The molecule has 88 valence electrons. The highest BCUT2D eigenvalue weighted by Gasteiger charge is 2.10. The van der Waals surface area contributed by atoms with Crippen LogP contribution in [0.25, 0.3) is 0 Å². The smallest absolute Gasteiger partial charge is 0.267 e. The maximum atomic E-state index is 11.8. The zero-order valence-corrected chi connectivity index (χ0v) is 9.95. The van der Waals surface area contributed by atoms with Crippen molar-refractivity contribution < 1.29 is 9.53 Å². The van der Waals surface area contributed by atoms with E-state index in [4.69, 9.17) is 10.5 Å². The van der Waals surface area contributed by atoms with Crippen LogP contribution in [0.15, 0.2) is 29.8 Å². The van der Waals surface area contributed by atoms with Crippen LogP contribution in [0.1, 0.15) is 9.67 Å². The molecule has 0 radical (unpaired) electrons. The predicted molar refractivity (Wildman–Crippen MR) is 67.5 cm³/mol. The molecule has 0 spiro atoms. The number of nitrogens with zero attached hydrogens (tertiary/aromatic N) is 1. The van der Waals surface area contributed by atoms with E-state index in [1.807, 2.05) is 0 Å². The summed E-state index contributed by atoms with van der Waals surface area (Å²) in [5.74, 6) is 0.928. The third-order valence-corrected chi connectivity index (χ3v) is 2.97. The second kappa shape index (κ2) is 4.84. The SMILES string of the molecule is COc1csc(C(=O)Nc2ccc(N)cn2)c1. The molecule has 5 nitrogen and oxygen atoms in total. The lowest BCUT2D eigenvalue weighted by molar-refractivity contribution is 0.103. The number of ether oxygens (including phenoxy) is 1. The maximum absolute atomic E-state index is 11.8. The van der Waals surface area contributed by atoms with Crippen LogP contribution in [0.2, 0.25) is 0 Å². The van der Waals surface area contributed by atoms with Crippen LogP contribution >= 0.6 is 11.3 Å². The predicted octanol–water partition coefficient (Wildman–Crippen LogP) is 1.99. The number of aromatic nitrogens is 1. The van der Waals surface area contributed by atoms with E-state index < -0.39 is 0 Å². The van der Waals surface area contributed by atoms with E-state index >= 15 is 0 Å². The second-order valence-electron chi connectivity index (χ2n) is 3.28. The lowest BCUT2D eigenvalue weighted by atomic mass is 10.4. The fourth-order valence-electron chi connectivity index (χ4n) is 1.20. The van der Waals surface area contributed by atoms with Gasteiger partial charge in [0.05, 0.1) is 23.9 Å². The topological polar surface area (TPSA) is 77.2 Å². The van der Waals surface area contributed by atoms with Gasteiger partial charge in [0.1, 0.15) is 11.6 Å². The molecule has 2 rings (SSSR count). The van der Waals surface area contributed by atoms with Gasteiger partial charge in [0.15, 0.2) is 0 Å². The number of thiophene rings is 1. The molecule has 2 aromatic heterocycles. The summed E-state index contributed by atoms with van der Waals surface area (Å²) in [5.41, 5.74) is 6.06. The van der Waals surface area contributed by atoms with E-state index in [9.17, 15) is 4.79 Å². The number of nitrogen functional groups attached to an aromatic ring is 1. The number of rotatable bonds is 3. The van der Waals surface area contributed by atoms with Gasteiger partial charge in [-0.05, 0) is 12.1 Å². The number of nitrogens with two attached hydrogens (primary N) is 1. The molecule has 3 N–H and O–H groups in total. The monoisotopic (exact) mass is 249 g/mol. The molecule has 2 aromatic rings. The van der Waals surface area contributed by atoms with Gasteiger partial charge in [-0.15, -0.1) is 11.3 Å². The van der Waals surface area contributed by atoms with Crippen molar-refractivity contribution in [2.45, 2.75) is 0 Å². The first-order valence-corrected chi connectivity index (χ1v) is 5.72. The first-order valence-electron chi connectivity index (χ1n) is 4.84. The lowest BCUT2D eigenvalue weighted by Gasteiger charge is -2.02. The molecule has 0 aromatic carbocycles. The van der Waals surface area contributed by atoms with Crippen LogP contribution in [0.5, 0.6) is 5.75 Å². The fourth-order valence-corrected chi connectivity index (χ4v) is 1.95. The Morgan fingerprint density at radius 3 is 2.94 bits per heavy atom. The minimum Gasteiger partial charge on any atom is -0.496 e. The third-order valence-electron chi connectivity index (χ3n) is 2.06. The van der Waals surface area contributed by atoms with Gasteiger partial charge in [0.2, 0.25) is 0 Å². The Hall–Kier alpha value is -2.08. The Labute approximate surface area is 102 Å². The molecule has 0 aliphatic heterocycles. The van der Waals surface area contributed by atoms with Crippen molar-refractivity contribution in [2.24, 2.45) is 0 Å². The van der Waals surface area contributed by atoms with Gasteiger partial charge in [-0.1, -0.05) is 0 Å². The van der Waals surface area contributed by atoms with E-state index in [-0.39, 0.29) is 5.91 Å². The molecule has 0 atom stereocenters. The lowest BCUT2D eigenvalue weighted by Crippen LogP contribution is -2.11. The number of amides is 1. The Bertz CT molecular complexity index is 522. The molecular weight excluding hydrogens is 238 g/mol. The number of anilines is 2. The Morgan fingerprint density at radius 1 is 1.53 bits per heavy atom. The normalized spacial score (nSPS) is 9.94. The molecule has 1 amide bonds. The van der Waals surface area contributed by atoms with Crippen molar-refractivity contribution in [3.8, 4) is 5.75 Å². The van der Waals surface area contributed by atoms with Gasteiger partial charge in [-0.2, -0.15) is 0 Å². The molecule has 0 fully saturated rings. The summed E-state index contributed by atoms with van der Waals surface area (Å²) in [6.45, 7) is 0. The average Bonchev–Trinajstić information content (AvgIpc) is 2.81. The number of nitrogens with one attached hydrogen (secondary N) is 1. The Balaban J connectivity index is 2.08. The molecule has 2 heterocycles. The average molecular weight is 249 g/mol. The van der Waals surface area contributed by atoms with Crippen LogP contribution in [0.4, 0.5) is 11.5 Å². The molecule has 0 aliphatic carbocycles. The summed E-state index contributed by atoms with van der Waals surface area (Å²) in [6, 6.07) is 5.01. The van der Waals surface area contributed by atoms with Crippen LogP contribution in [0, 0.1) is 0 Å². The number of carbonyl (C=O) groups is 1. The van der Waals surface area contributed by atoms with Crippen molar-refractivity contribution >= 4 is 28.7 Å². The number of hydrogen-bond acceptors (Lipinski definition) is 5. The Kier molecular flexibility index (Phi) is 3.24. The third kappa shape index (κ3) is 2.73. The van der Waals surface area contributed by atoms with E-state index in [0.29, 0.717) is 22.1 Å². The number of hydrogen-bond donors (Lipinski definition) is 2. The first-order chi connectivity index (χ1) is 8.19. The second-order valence-corrected chi connectivity index (χ2v) is 4.19. The van der Waals surface area contributed by atoms with Crippen LogP contribution in [-0.4, -0.2) is 18.0 Å². The number of pyridine rings is 1. The zero-order valence-electron chi connectivity index (χ0n) is 9.14. The standard InChI is InChI=1S/C11H11N3O2S/c1-16-8-4-9(17-6-8)11(15)14-10-3-2-7(12)5-13-10/h2-6H,12H2,1H3,(H,13,14,15). The molecule has 0 saturated carbocycles. The summed E-state index contributed by atoms with van der Waals surface area (Å²) < 4.78 is 5.01. The summed E-state index contributed by atoms with van der Waals surface area (Å²) in [6.07, 6.45) is 1.49. The van der Waals surface area contributed by atoms with Crippen LogP contribution in [0.3, 0.4) is 0 Å². The quantitative estimate of drug-likeness (QED) is 0.872. The molecule has 0 aliphatic rings. The van der Waals surface area contributed by atoms with Gasteiger partial charge in [-0.3, -0.25) is 4.79 Å². The summed E-state index contributed by atoms with van der Waals surface area (Å²) in [5, 5.41) is 4.44. The van der Waals surface area contributed by atoms with E-state index in [1.165, 1.54) is 17.5 Å². The minimum absolute atomic E-state index is 0.212. The molecule has 0 saturated heterocycles. The van der Waals surface area contributed by atoms with Crippen molar-refractivity contribution in [3.63, 3.8) is 0 Å². The minimum atomic E-state index is -0.212. The van der Waals surface area contributed by atoms with Gasteiger partial charge in [0, 0.05) is 11.4 Å². The van der Waals surface area contributed by atoms with E-state index in [2.05, 4.69) is 10.3 Å². The molecule has 6 heteroatoms. The van der Waals surface area contributed by atoms with E-state index in [0.717, 1.165) is 0 Å².